The van der Waals surface area contributed by atoms with E-state index in [1.54, 1.807) is 6.07 Å². The highest BCUT2D eigenvalue weighted by molar-refractivity contribution is 5.34. The van der Waals surface area contributed by atoms with Crippen molar-refractivity contribution in [2.24, 2.45) is 0 Å². The molecular weight excluding hydrogens is 226 g/mol. The van der Waals surface area contributed by atoms with Gasteiger partial charge in [0.2, 0.25) is 0 Å². The first-order chi connectivity index (χ1) is 8.79. The minimum Gasteiger partial charge on any atom is -0.508 e. The zero-order chi connectivity index (χ0) is 13.2. The Kier molecular flexibility index (Phi) is 7.46. The fraction of sp³-hybridized carbons (Fsp3) is 0.600. The lowest BCUT2D eigenvalue weighted by Crippen LogP contribution is -2.25. The van der Waals surface area contributed by atoms with E-state index in [0.717, 1.165) is 38.2 Å². The van der Waals surface area contributed by atoms with Gasteiger partial charge >= 0.3 is 0 Å². The van der Waals surface area contributed by atoms with Gasteiger partial charge in [-0.2, -0.15) is 0 Å². The molecule has 0 aliphatic heterocycles. The number of nitrogens with one attached hydrogen (secondary N) is 1. The van der Waals surface area contributed by atoms with Crippen LogP contribution < -0.4 is 5.32 Å². The van der Waals surface area contributed by atoms with Gasteiger partial charge in [-0.1, -0.05) is 38.5 Å². The zero-order valence-electron chi connectivity index (χ0n) is 11.5. The fourth-order valence-corrected chi connectivity index (χ4v) is 1.91. The monoisotopic (exact) mass is 251 g/mol. The lowest BCUT2D eigenvalue weighted by atomic mass is 10.0. The van der Waals surface area contributed by atoms with Gasteiger partial charge in [0.05, 0.1) is 6.61 Å². The van der Waals surface area contributed by atoms with E-state index < -0.39 is 0 Å². The fourth-order valence-electron chi connectivity index (χ4n) is 1.91. The highest BCUT2D eigenvalue weighted by Gasteiger charge is 2.11. The summed E-state index contributed by atoms with van der Waals surface area (Å²) >= 11 is 0. The second kappa shape index (κ2) is 8.95. The van der Waals surface area contributed by atoms with Crippen LogP contribution in [0.1, 0.15) is 44.7 Å². The van der Waals surface area contributed by atoms with Crippen LogP contribution in [0, 0.1) is 0 Å². The SMILES string of the molecule is CCCCOCCNC(CC)c1ccccc1O. The molecule has 0 radical (unpaired) electrons. The molecule has 18 heavy (non-hydrogen) atoms. The molecule has 0 saturated carbocycles. The van der Waals surface area contributed by atoms with Crippen LogP contribution in [0.3, 0.4) is 0 Å². The van der Waals surface area contributed by atoms with Crippen molar-refractivity contribution in [1.82, 2.24) is 5.32 Å². The first kappa shape index (κ1) is 15.0. The Hall–Kier alpha value is -1.06. The van der Waals surface area contributed by atoms with Crippen LogP contribution in [-0.2, 0) is 4.74 Å². The van der Waals surface area contributed by atoms with Gasteiger partial charge in [-0.05, 0) is 18.9 Å². The van der Waals surface area contributed by atoms with Crippen LogP contribution in [0.2, 0.25) is 0 Å². The summed E-state index contributed by atoms with van der Waals surface area (Å²) in [6.45, 7) is 6.65. The molecule has 0 amide bonds. The molecule has 1 aromatic rings. The number of hydrogen-bond donors (Lipinski definition) is 2. The van der Waals surface area contributed by atoms with Crippen LogP contribution >= 0.6 is 0 Å². The van der Waals surface area contributed by atoms with Crippen LogP contribution in [-0.4, -0.2) is 24.9 Å². The number of aromatic hydroxyl groups is 1. The Morgan fingerprint density at radius 1 is 1.22 bits per heavy atom. The van der Waals surface area contributed by atoms with Gasteiger partial charge in [-0.25, -0.2) is 0 Å². The third-order valence-electron chi connectivity index (χ3n) is 3.00. The van der Waals surface area contributed by atoms with Crippen LogP contribution in [0.5, 0.6) is 5.75 Å². The zero-order valence-corrected chi connectivity index (χ0v) is 11.5. The number of benzene rings is 1. The average Bonchev–Trinajstić information content (AvgIpc) is 2.39. The summed E-state index contributed by atoms with van der Waals surface area (Å²) in [5.41, 5.74) is 0.966. The molecule has 1 rings (SSSR count). The van der Waals surface area contributed by atoms with Gasteiger partial charge in [0.1, 0.15) is 5.75 Å². The van der Waals surface area contributed by atoms with Gasteiger partial charge in [-0.3, -0.25) is 0 Å². The summed E-state index contributed by atoms with van der Waals surface area (Å²) in [7, 11) is 0. The predicted octanol–water partition coefficient (Wildman–Crippen LogP) is 3.25. The molecule has 3 nitrogen and oxygen atoms in total. The lowest BCUT2D eigenvalue weighted by molar-refractivity contribution is 0.130. The molecule has 102 valence electrons. The maximum Gasteiger partial charge on any atom is 0.120 e. The second-order valence-electron chi connectivity index (χ2n) is 4.44. The van der Waals surface area contributed by atoms with Crippen LogP contribution in [0.15, 0.2) is 24.3 Å². The normalized spacial score (nSPS) is 12.6. The Balaban J connectivity index is 2.32. The third-order valence-corrected chi connectivity index (χ3v) is 3.00. The second-order valence-corrected chi connectivity index (χ2v) is 4.44. The number of hydrogen-bond acceptors (Lipinski definition) is 3. The van der Waals surface area contributed by atoms with Crippen molar-refractivity contribution >= 4 is 0 Å². The molecule has 0 fully saturated rings. The number of rotatable bonds is 9. The average molecular weight is 251 g/mol. The van der Waals surface area contributed by atoms with Gasteiger partial charge in [-0.15, -0.1) is 0 Å². The summed E-state index contributed by atoms with van der Waals surface area (Å²) in [6.07, 6.45) is 3.24. The standard InChI is InChI=1S/C15H25NO2/c1-3-5-11-18-12-10-16-14(4-2)13-8-6-7-9-15(13)17/h6-9,14,16-17H,3-5,10-12H2,1-2H3. The van der Waals surface area contributed by atoms with E-state index in [1.165, 1.54) is 6.42 Å². The summed E-state index contributed by atoms with van der Waals surface area (Å²) in [6, 6.07) is 7.70. The largest absolute Gasteiger partial charge is 0.508 e. The molecule has 2 N–H and O–H groups in total. The summed E-state index contributed by atoms with van der Waals surface area (Å²) in [5, 5.41) is 13.2. The first-order valence-electron chi connectivity index (χ1n) is 6.88. The number of phenolic OH excluding ortho intramolecular Hbond substituents is 1. The van der Waals surface area contributed by atoms with Gasteiger partial charge < -0.3 is 15.2 Å². The highest BCUT2D eigenvalue weighted by atomic mass is 16.5. The Morgan fingerprint density at radius 3 is 2.67 bits per heavy atom. The first-order valence-corrected chi connectivity index (χ1v) is 6.88. The number of para-hydroxylation sites is 1. The van der Waals surface area contributed by atoms with E-state index in [4.69, 9.17) is 4.74 Å². The molecule has 0 aliphatic rings. The summed E-state index contributed by atoms with van der Waals surface area (Å²) in [4.78, 5) is 0. The van der Waals surface area contributed by atoms with E-state index in [9.17, 15) is 5.11 Å². The molecule has 1 unspecified atom stereocenters. The molecule has 3 heteroatoms. The number of unbranched alkanes of at least 4 members (excludes halogenated alkanes) is 1. The van der Waals surface area contributed by atoms with E-state index in [0.29, 0.717) is 5.75 Å². The third kappa shape index (κ3) is 5.07. The molecule has 0 bridgehead atoms. The van der Waals surface area contributed by atoms with Crippen molar-refractivity contribution < 1.29 is 9.84 Å². The van der Waals surface area contributed by atoms with Gasteiger partial charge in [0.15, 0.2) is 0 Å². The molecule has 1 atom stereocenters. The molecule has 0 spiro atoms. The highest BCUT2D eigenvalue weighted by Crippen LogP contribution is 2.25. The van der Waals surface area contributed by atoms with Crippen molar-refractivity contribution in [1.29, 1.82) is 0 Å². The van der Waals surface area contributed by atoms with Crippen LogP contribution in [0.25, 0.3) is 0 Å². The van der Waals surface area contributed by atoms with E-state index in [1.807, 2.05) is 18.2 Å². The predicted molar refractivity (Wildman–Crippen MR) is 74.9 cm³/mol. The number of phenols is 1. The molecule has 0 saturated heterocycles. The Labute approximate surface area is 110 Å². The summed E-state index contributed by atoms with van der Waals surface area (Å²) < 4.78 is 5.51. The van der Waals surface area contributed by atoms with E-state index >= 15 is 0 Å². The minimum absolute atomic E-state index is 0.195. The van der Waals surface area contributed by atoms with Gasteiger partial charge in [0, 0.05) is 24.8 Å². The maximum absolute atomic E-state index is 9.81. The smallest absolute Gasteiger partial charge is 0.120 e. The molecule has 0 heterocycles. The maximum atomic E-state index is 9.81. The van der Waals surface area contributed by atoms with Crippen molar-refractivity contribution in [3.8, 4) is 5.75 Å². The summed E-state index contributed by atoms with van der Waals surface area (Å²) in [5.74, 6) is 0.365. The molecule has 0 aliphatic carbocycles. The van der Waals surface area contributed by atoms with Gasteiger partial charge in [0.25, 0.3) is 0 Å². The van der Waals surface area contributed by atoms with Crippen molar-refractivity contribution in [3.05, 3.63) is 29.8 Å². The molecule has 1 aromatic carbocycles. The minimum atomic E-state index is 0.195. The Morgan fingerprint density at radius 2 is 2.00 bits per heavy atom. The molecular formula is C15H25NO2. The topological polar surface area (TPSA) is 41.5 Å². The number of ether oxygens (including phenoxy) is 1. The quantitative estimate of drug-likeness (QED) is 0.662. The lowest BCUT2D eigenvalue weighted by Gasteiger charge is -2.18. The van der Waals surface area contributed by atoms with Crippen LogP contribution in [0.4, 0.5) is 0 Å². The van der Waals surface area contributed by atoms with Crippen molar-refractivity contribution in [2.75, 3.05) is 19.8 Å². The van der Waals surface area contributed by atoms with Crippen molar-refractivity contribution in [3.63, 3.8) is 0 Å². The van der Waals surface area contributed by atoms with E-state index in [2.05, 4.69) is 19.2 Å². The van der Waals surface area contributed by atoms with E-state index in [-0.39, 0.29) is 6.04 Å². The van der Waals surface area contributed by atoms with Crippen molar-refractivity contribution in [2.45, 2.75) is 39.2 Å². The molecule has 0 aromatic heterocycles. The Bertz CT molecular complexity index is 328.